The molecule has 8 rings (SSSR count). The minimum absolute atomic E-state index is 0.441. The van der Waals surface area contributed by atoms with Crippen molar-refractivity contribution in [3.63, 3.8) is 0 Å². The number of nitrogens with zero attached hydrogens (tertiary/aromatic N) is 2. The monoisotopic (exact) mass is 839 g/mol. The Hall–Kier alpha value is -3.28. The van der Waals surface area contributed by atoms with E-state index in [1.54, 1.807) is 0 Å². The average molecular weight is 839 g/mol. The molecule has 8 aliphatic rings. The minimum atomic E-state index is 0.441. The topological polar surface area (TPSA) is 91.5 Å². The number of nitrogens with one attached hydrogen (secondary N) is 4. The molecule has 0 bridgehead atoms. The summed E-state index contributed by atoms with van der Waals surface area (Å²) in [5, 5.41) is 12.7. The predicted molar refractivity (Wildman–Crippen MR) is 257 cm³/mol. The Morgan fingerprint density at radius 3 is 1.48 bits per heavy atom. The Morgan fingerprint density at radius 1 is 0.517 bits per heavy atom. The molecule has 0 aromatic rings. The van der Waals surface area contributed by atoms with Crippen molar-refractivity contribution in [1.82, 2.24) is 31.1 Å². The molecule has 1 unspecified atom stereocenters. The van der Waals surface area contributed by atoms with Crippen molar-refractivity contribution in [1.29, 1.82) is 0 Å². The first kappa shape index (κ1) is 54.7. The molecule has 1 atom stereocenters. The molecule has 344 valence electrons. The van der Waals surface area contributed by atoms with Gasteiger partial charge in [-0.2, -0.15) is 0 Å². The minimum Gasteiger partial charge on any atom is -0.389 e. The Labute approximate surface area is 368 Å². The number of rotatable bonds is 1. The summed E-state index contributed by atoms with van der Waals surface area (Å²) in [6.45, 7) is 50.2. The first-order valence-electron chi connectivity index (χ1n) is 22.9. The van der Waals surface area contributed by atoms with Crippen molar-refractivity contribution in [2.75, 3.05) is 99.2 Å². The highest BCUT2D eigenvalue weighted by Gasteiger charge is 2.14. The molecule has 0 amide bonds. The van der Waals surface area contributed by atoms with Crippen molar-refractivity contribution < 1.29 is 18.9 Å². The third-order valence-electron chi connectivity index (χ3n) is 10.6. The van der Waals surface area contributed by atoms with E-state index >= 15 is 0 Å². The Morgan fingerprint density at radius 2 is 1.12 bits per heavy atom. The van der Waals surface area contributed by atoms with Gasteiger partial charge in [0.2, 0.25) is 0 Å². The Balaban J connectivity index is 0.000000344. The van der Waals surface area contributed by atoms with Crippen LogP contribution in [0, 0.1) is 0 Å². The van der Waals surface area contributed by atoms with E-state index in [-0.39, 0.29) is 0 Å². The van der Waals surface area contributed by atoms with Gasteiger partial charge in [-0.05, 0) is 104 Å². The van der Waals surface area contributed by atoms with E-state index in [4.69, 9.17) is 18.9 Å². The Kier molecular flexibility index (Phi) is 32.2. The largest absolute Gasteiger partial charge is 0.389 e. The quantitative estimate of drug-likeness (QED) is 0.192. The number of hydrogen-bond acceptors (Lipinski definition) is 10. The summed E-state index contributed by atoms with van der Waals surface area (Å²) in [4.78, 5) is 4.62. The SMILES string of the molecule is C=C1CCCC1.C=C1CCCCN1.C=C1CCCN1C.C=C1CCCOC1.C=C1CCOCC1.C=C1CCOCCN1.C=C1CN(C(C)C)CCN1.C=C1COCC(C)N1. The van der Waals surface area contributed by atoms with Crippen molar-refractivity contribution in [2.45, 2.75) is 123 Å². The van der Waals surface area contributed by atoms with Crippen molar-refractivity contribution in [3.05, 3.63) is 97.8 Å². The zero-order chi connectivity index (χ0) is 44.4. The third-order valence-corrected chi connectivity index (χ3v) is 10.6. The first-order chi connectivity index (χ1) is 28.8. The second-order valence-corrected chi connectivity index (χ2v) is 17.0. The normalized spacial score (nSPS) is 22.9. The van der Waals surface area contributed by atoms with Gasteiger partial charge in [-0.15, -0.1) is 0 Å². The maximum atomic E-state index is 5.14. The molecule has 4 N–H and O–H groups in total. The summed E-state index contributed by atoms with van der Waals surface area (Å²) >= 11 is 0. The van der Waals surface area contributed by atoms with E-state index in [0.717, 1.165) is 115 Å². The van der Waals surface area contributed by atoms with Crippen LogP contribution in [0.3, 0.4) is 0 Å². The maximum Gasteiger partial charge on any atom is 0.0857 e. The fourth-order valence-electron chi connectivity index (χ4n) is 6.61. The molecule has 1 aliphatic carbocycles. The number of morpholine rings is 1. The summed E-state index contributed by atoms with van der Waals surface area (Å²) in [6.07, 6.45) is 17.1. The van der Waals surface area contributed by atoms with Gasteiger partial charge >= 0.3 is 0 Å². The van der Waals surface area contributed by atoms with Crippen LogP contribution in [0.4, 0.5) is 0 Å². The van der Waals surface area contributed by atoms with Gasteiger partial charge in [-0.1, -0.05) is 69.4 Å². The molecule has 7 aliphatic heterocycles. The second kappa shape index (κ2) is 35.3. The van der Waals surface area contributed by atoms with Gasteiger partial charge in [-0.3, -0.25) is 4.90 Å². The van der Waals surface area contributed by atoms with Crippen LogP contribution in [0.15, 0.2) is 97.8 Å². The zero-order valence-electron chi connectivity index (χ0n) is 39.1. The summed E-state index contributed by atoms with van der Waals surface area (Å²) < 4.78 is 20.4. The number of piperazine rings is 1. The molecule has 0 radical (unpaired) electrons. The van der Waals surface area contributed by atoms with Crippen LogP contribution in [0.25, 0.3) is 0 Å². The third kappa shape index (κ3) is 31.6. The first-order valence-corrected chi connectivity index (χ1v) is 22.9. The average Bonchev–Trinajstić information content (AvgIpc) is 3.79. The molecule has 0 aromatic heterocycles. The van der Waals surface area contributed by atoms with E-state index in [1.165, 1.54) is 105 Å². The van der Waals surface area contributed by atoms with Gasteiger partial charge < -0.3 is 45.1 Å². The van der Waals surface area contributed by atoms with Gasteiger partial charge in [0.05, 0.1) is 46.2 Å². The van der Waals surface area contributed by atoms with Gasteiger partial charge in [0.1, 0.15) is 0 Å². The fraction of sp³-hybridized carbons (Fsp3) is 0.680. The molecule has 1 saturated carbocycles. The highest BCUT2D eigenvalue weighted by Crippen LogP contribution is 2.21. The molecule has 0 spiro atoms. The van der Waals surface area contributed by atoms with E-state index in [0.29, 0.717) is 18.7 Å². The fourth-order valence-corrected chi connectivity index (χ4v) is 6.61. The van der Waals surface area contributed by atoms with Gasteiger partial charge in [0.25, 0.3) is 0 Å². The predicted octanol–water partition coefficient (Wildman–Crippen LogP) is 9.15. The van der Waals surface area contributed by atoms with E-state index in [9.17, 15) is 0 Å². The van der Waals surface area contributed by atoms with Crippen LogP contribution < -0.4 is 21.3 Å². The highest BCUT2D eigenvalue weighted by molar-refractivity contribution is 5.00. The van der Waals surface area contributed by atoms with Crippen LogP contribution in [0.2, 0.25) is 0 Å². The second-order valence-electron chi connectivity index (χ2n) is 17.0. The van der Waals surface area contributed by atoms with Crippen LogP contribution in [0.1, 0.15) is 111 Å². The molecule has 0 aromatic carbocycles. The molecule has 10 nitrogen and oxygen atoms in total. The molecule has 8 fully saturated rings. The maximum absolute atomic E-state index is 5.14. The number of piperidine rings is 1. The highest BCUT2D eigenvalue weighted by atomic mass is 16.5. The smallest absolute Gasteiger partial charge is 0.0857 e. The van der Waals surface area contributed by atoms with E-state index in [2.05, 4.69) is 112 Å². The summed E-state index contributed by atoms with van der Waals surface area (Å²) in [5.74, 6) is 0. The number of allylic oxidation sites excluding steroid dienone is 3. The molecule has 7 saturated heterocycles. The van der Waals surface area contributed by atoms with Crippen LogP contribution >= 0.6 is 0 Å². The van der Waals surface area contributed by atoms with Crippen LogP contribution in [-0.2, 0) is 18.9 Å². The molecular weight excluding hydrogens is 749 g/mol. The lowest BCUT2D eigenvalue weighted by molar-refractivity contribution is 0.106. The van der Waals surface area contributed by atoms with E-state index in [1.807, 2.05) is 0 Å². The Bertz CT molecular complexity index is 1180. The van der Waals surface area contributed by atoms with Crippen molar-refractivity contribution in [3.8, 4) is 0 Å². The molecular formula is C50H90N6O4. The zero-order valence-corrected chi connectivity index (χ0v) is 39.1. The number of ether oxygens (including phenoxy) is 4. The number of likely N-dealkylation sites (tertiary alicyclic amines) is 1. The van der Waals surface area contributed by atoms with Gasteiger partial charge in [0, 0.05) is 99.9 Å². The number of hydrogen-bond donors (Lipinski definition) is 4. The lowest BCUT2D eigenvalue weighted by Crippen LogP contribution is -2.44. The standard InChI is InChI=1S/C8H16N2.2C6H11NO.2C6H11N.2C6H10O.C6H10/c1-7(2)10-5-4-9-8(3)6-10;1-5-3-8-4-6(2)7-5;1-6-2-4-8-5-3-7-6;1-6-4-3-5-7(6)2;1-6-4-2-3-5-7-6;1-6-2-4-7-5-3-6;1-6-3-2-4-7-5-6;1-6-4-2-3-5-6/h7,9H,3-6H2,1-2H3;6-7H,1,3-4H2,2H3;7H,1-5H2;1,3-5H2,2H3;7H,1-5H2;2*1-5H2;1-5H2. The van der Waals surface area contributed by atoms with Crippen molar-refractivity contribution >= 4 is 0 Å². The molecule has 10 heteroatoms. The van der Waals surface area contributed by atoms with E-state index < -0.39 is 0 Å². The molecule has 60 heavy (non-hydrogen) atoms. The van der Waals surface area contributed by atoms with Crippen molar-refractivity contribution in [2.24, 2.45) is 0 Å². The summed E-state index contributed by atoms with van der Waals surface area (Å²) in [5.41, 5.74) is 9.78. The van der Waals surface area contributed by atoms with Crippen LogP contribution in [-0.4, -0.2) is 121 Å². The summed E-state index contributed by atoms with van der Waals surface area (Å²) in [6, 6.07) is 1.09. The van der Waals surface area contributed by atoms with Gasteiger partial charge in [0.15, 0.2) is 0 Å². The lowest BCUT2D eigenvalue weighted by Gasteiger charge is -2.32. The summed E-state index contributed by atoms with van der Waals surface area (Å²) in [7, 11) is 2.09. The molecule has 7 heterocycles. The lowest BCUT2D eigenvalue weighted by atomic mass is 10.1. The van der Waals surface area contributed by atoms with Gasteiger partial charge in [-0.25, -0.2) is 0 Å². The van der Waals surface area contributed by atoms with Crippen LogP contribution in [0.5, 0.6) is 0 Å².